The predicted molar refractivity (Wildman–Crippen MR) is 102 cm³/mol. The molecule has 1 aromatic carbocycles. The molecule has 146 valence electrons. The highest BCUT2D eigenvalue weighted by Crippen LogP contribution is 2.32. The van der Waals surface area contributed by atoms with Gasteiger partial charge >= 0.3 is 6.03 Å². The van der Waals surface area contributed by atoms with Crippen LogP contribution in [0.4, 0.5) is 4.79 Å². The summed E-state index contributed by atoms with van der Waals surface area (Å²) in [6, 6.07) is 5.90. The van der Waals surface area contributed by atoms with E-state index in [1.807, 2.05) is 0 Å². The molecule has 3 heterocycles. The summed E-state index contributed by atoms with van der Waals surface area (Å²) >= 11 is 0. The van der Waals surface area contributed by atoms with Crippen molar-refractivity contribution in [3.8, 4) is 29.2 Å². The molecule has 1 saturated heterocycles. The second-order valence-corrected chi connectivity index (χ2v) is 6.53. The van der Waals surface area contributed by atoms with Crippen molar-refractivity contribution in [1.82, 2.24) is 20.2 Å². The lowest BCUT2D eigenvalue weighted by Gasteiger charge is -2.20. The van der Waals surface area contributed by atoms with E-state index < -0.39 is 17.5 Å². The van der Waals surface area contributed by atoms with Gasteiger partial charge in [0.15, 0.2) is 5.88 Å². The number of pyridine rings is 1. The van der Waals surface area contributed by atoms with Crippen LogP contribution in [0.15, 0.2) is 42.9 Å². The number of amides is 3. The quantitative estimate of drug-likeness (QED) is 0.391. The number of ether oxygens (including phenoxy) is 1. The number of carbonyl (C=O) groups is 2. The van der Waals surface area contributed by atoms with Crippen LogP contribution in [0.1, 0.15) is 5.56 Å². The highest BCUT2D eigenvalue weighted by Gasteiger charge is 2.46. The molecular formula is C20H16N4O5. The fourth-order valence-electron chi connectivity index (χ4n) is 3.13. The van der Waals surface area contributed by atoms with Gasteiger partial charge in [0.1, 0.15) is 11.5 Å². The Kier molecular flexibility index (Phi) is 4.24. The van der Waals surface area contributed by atoms with Crippen LogP contribution in [-0.2, 0) is 11.3 Å². The van der Waals surface area contributed by atoms with Crippen molar-refractivity contribution in [1.29, 1.82) is 0 Å². The molecule has 0 radical (unpaired) electrons. The standard InChI is InChI=1S/C20H16N4O5/c1-29-15-3-2-13-10-24(17(26)16(13)7-15)11-20(18(27)22-19(28)23-20)5-4-12-6-14(25)9-21-8-12/h2-3,6-10,25-26H,11H2,1H3,(H2,22,23,27,28)/t20-/m1/s1. The summed E-state index contributed by atoms with van der Waals surface area (Å²) in [5.74, 6) is 5.27. The minimum atomic E-state index is -1.61. The Morgan fingerprint density at radius 3 is 2.76 bits per heavy atom. The number of hydrogen-bond acceptors (Lipinski definition) is 6. The van der Waals surface area contributed by atoms with E-state index in [1.54, 1.807) is 24.4 Å². The van der Waals surface area contributed by atoms with E-state index in [1.165, 1.54) is 30.1 Å². The molecule has 0 spiro atoms. The second kappa shape index (κ2) is 6.76. The first-order valence-corrected chi connectivity index (χ1v) is 8.57. The van der Waals surface area contributed by atoms with Crippen molar-refractivity contribution in [3.63, 3.8) is 0 Å². The highest BCUT2D eigenvalue weighted by atomic mass is 16.5. The van der Waals surface area contributed by atoms with Crippen LogP contribution in [0, 0.1) is 11.8 Å². The minimum absolute atomic E-state index is 0.0750. The van der Waals surface area contributed by atoms with Gasteiger partial charge in [-0.15, -0.1) is 0 Å². The first-order valence-electron chi connectivity index (χ1n) is 8.57. The third-order valence-electron chi connectivity index (χ3n) is 4.56. The molecule has 0 bridgehead atoms. The summed E-state index contributed by atoms with van der Waals surface area (Å²) in [6.07, 6.45) is 4.33. The fraction of sp³-hybridized carbons (Fsp3) is 0.150. The molecule has 9 heteroatoms. The lowest BCUT2D eigenvalue weighted by atomic mass is 10.00. The number of methoxy groups -OCH3 is 1. The Balaban J connectivity index is 1.76. The summed E-state index contributed by atoms with van der Waals surface area (Å²) in [5, 5.41) is 26.1. The predicted octanol–water partition coefficient (Wildman–Crippen LogP) is 1.09. The van der Waals surface area contributed by atoms with Crippen LogP contribution in [0.5, 0.6) is 17.4 Å². The maximum atomic E-state index is 12.5. The van der Waals surface area contributed by atoms with E-state index >= 15 is 0 Å². The molecule has 1 fully saturated rings. The number of hydrogen-bond donors (Lipinski definition) is 4. The molecule has 29 heavy (non-hydrogen) atoms. The summed E-state index contributed by atoms with van der Waals surface area (Å²) in [5.41, 5.74) is -1.25. The van der Waals surface area contributed by atoms with E-state index in [0.29, 0.717) is 16.7 Å². The van der Waals surface area contributed by atoms with Crippen LogP contribution < -0.4 is 15.4 Å². The van der Waals surface area contributed by atoms with Crippen molar-refractivity contribution < 1.29 is 24.5 Å². The molecule has 9 nitrogen and oxygen atoms in total. The number of nitrogens with zero attached hydrogens (tertiary/aromatic N) is 2. The van der Waals surface area contributed by atoms with Gasteiger partial charge in [-0.05, 0) is 24.3 Å². The maximum Gasteiger partial charge on any atom is 0.323 e. The molecule has 0 unspecified atom stereocenters. The summed E-state index contributed by atoms with van der Waals surface area (Å²) < 4.78 is 6.61. The summed E-state index contributed by atoms with van der Waals surface area (Å²) in [4.78, 5) is 28.2. The van der Waals surface area contributed by atoms with E-state index in [4.69, 9.17) is 4.74 Å². The topological polar surface area (TPSA) is 126 Å². The Morgan fingerprint density at radius 2 is 2.07 bits per heavy atom. The molecule has 4 N–H and O–H groups in total. The lowest BCUT2D eigenvalue weighted by molar-refractivity contribution is -0.122. The van der Waals surface area contributed by atoms with Crippen LogP contribution in [0.3, 0.4) is 0 Å². The van der Waals surface area contributed by atoms with Crippen molar-refractivity contribution in [2.45, 2.75) is 12.1 Å². The zero-order valence-corrected chi connectivity index (χ0v) is 15.3. The molecule has 1 aliphatic heterocycles. The smallest absolute Gasteiger partial charge is 0.323 e. The van der Waals surface area contributed by atoms with Crippen LogP contribution in [-0.4, -0.2) is 44.4 Å². The SMILES string of the molecule is COc1ccc2cn(C[C@@]3(C#Cc4cncc(O)c4)NC(=O)NC3=O)c(O)c2c1. The average Bonchev–Trinajstić information content (AvgIpc) is 3.15. The van der Waals surface area contributed by atoms with Crippen LogP contribution >= 0.6 is 0 Å². The number of nitrogens with one attached hydrogen (secondary N) is 2. The first kappa shape index (κ1) is 18.2. The Bertz CT molecular complexity index is 1210. The monoisotopic (exact) mass is 392 g/mol. The molecule has 3 aromatic rings. The van der Waals surface area contributed by atoms with E-state index in [-0.39, 0.29) is 18.2 Å². The van der Waals surface area contributed by atoms with Gasteiger partial charge in [-0.2, -0.15) is 0 Å². The number of aromatic hydroxyl groups is 2. The molecule has 2 aromatic heterocycles. The number of imide groups is 1. The van der Waals surface area contributed by atoms with Gasteiger partial charge in [0.2, 0.25) is 5.54 Å². The summed E-state index contributed by atoms with van der Waals surface area (Å²) in [7, 11) is 1.52. The molecule has 0 aliphatic carbocycles. The van der Waals surface area contributed by atoms with Gasteiger partial charge in [0.05, 0.1) is 19.9 Å². The van der Waals surface area contributed by atoms with Crippen LogP contribution in [0.2, 0.25) is 0 Å². The lowest BCUT2D eigenvalue weighted by Crippen LogP contribution is -2.49. The fourth-order valence-corrected chi connectivity index (χ4v) is 3.13. The molecule has 1 aliphatic rings. The zero-order chi connectivity index (χ0) is 20.6. The summed E-state index contributed by atoms with van der Waals surface area (Å²) in [6.45, 7) is -0.132. The van der Waals surface area contributed by atoms with Crippen molar-refractivity contribution >= 4 is 22.7 Å². The number of fused-ring (bicyclic) bond motifs is 1. The normalized spacial score (nSPS) is 18.1. The number of aromatic nitrogens is 2. The van der Waals surface area contributed by atoms with Crippen molar-refractivity contribution in [2.75, 3.05) is 7.11 Å². The van der Waals surface area contributed by atoms with Crippen molar-refractivity contribution in [2.24, 2.45) is 0 Å². The Morgan fingerprint density at radius 1 is 1.24 bits per heavy atom. The Hall–Kier alpha value is -4.19. The number of carbonyl (C=O) groups excluding carboxylic acids is 2. The maximum absolute atomic E-state index is 12.5. The van der Waals surface area contributed by atoms with E-state index in [9.17, 15) is 19.8 Å². The second-order valence-electron chi connectivity index (χ2n) is 6.53. The van der Waals surface area contributed by atoms with Gasteiger partial charge in [0.25, 0.3) is 5.91 Å². The number of benzene rings is 1. The molecule has 3 amide bonds. The van der Waals surface area contributed by atoms with Gasteiger partial charge in [-0.25, -0.2) is 4.79 Å². The zero-order valence-electron chi connectivity index (χ0n) is 15.3. The largest absolute Gasteiger partial charge is 0.506 e. The highest BCUT2D eigenvalue weighted by molar-refractivity contribution is 6.09. The molecule has 0 saturated carbocycles. The average molecular weight is 392 g/mol. The Labute approximate surface area is 164 Å². The third kappa shape index (κ3) is 3.27. The van der Waals surface area contributed by atoms with Gasteiger partial charge in [-0.1, -0.05) is 11.8 Å². The van der Waals surface area contributed by atoms with Gasteiger partial charge < -0.3 is 24.8 Å². The number of urea groups is 1. The third-order valence-corrected chi connectivity index (χ3v) is 4.56. The van der Waals surface area contributed by atoms with Crippen molar-refractivity contribution in [3.05, 3.63) is 48.4 Å². The number of rotatable bonds is 3. The van der Waals surface area contributed by atoms with E-state index in [2.05, 4.69) is 27.5 Å². The van der Waals surface area contributed by atoms with E-state index in [0.717, 1.165) is 5.39 Å². The van der Waals surface area contributed by atoms with Crippen LogP contribution in [0.25, 0.3) is 10.8 Å². The first-order chi connectivity index (χ1) is 13.9. The van der Waals surface area contributed by atoms with Gasteiger partial charge in [0, 0.05) is 28.7 Å². The molecule has 4 rings (SSSR count). The molecule has 1 atom stereocenters. The molecular weight excluding hydrogens is 376 g/mol. The van der Waals surface area contributed by atoms with Gasteiger partial charge in [-0.3, -0.25) is 15.1 Å². The minimum Gasteiger partial charge on any atom is -0.506 e.